The third kappa shape index (κ3) is 5.28. The van der Waals surface area contributed by atoms with Crippen LogP contribution in [0.3, 0.4) is 0 Å². The number of rotatable bonds is 7. The number of aliphatic hydroxyl groups is 1. The Balaban J connectivity index is 2.37. The topological polar surface area (TPSA) is 69.6 Å². The summed E-state index contributed by atoms with van der Waals surface area (Å²) < 4.78 is 0. The molecule has 0 aromatic rings. The molecule has 0 radical (unpaired) electrons. The number of Topliss-reactive ketones (excluding diaryl/α,β-unsaturated/α-hetero) is 1. The molecule has 1 aliphatic heterocycles. The molecule has 0 bridgehead atoms. The van der Waals surface area contributed by atoms with Gasteiger partial charge in [-0.05, 0) is 38.1 Å². The Hall–Kier alpha value is -0.940. The van der Waals surface area contributed by atoms with Gasteiger partial charge in [0.2, 0.25) is 5.91 Å². The second kappa shape index (κ2) is 7.60. The summed E-state index contributed by atoms with van der Waals surface area (Å²) in [6.45, 7) is 7.69. The number of carbonyl (C=O) groups excluding carboxylic acids is 2. The number of carbonyl (C=O) groups is 2. The summed E-state index contributed by atoms with van der Waals surface area (Å²) in [5, 5.41) is 11.7. The molecule has 1 heterocycles. The minimum atomic E-state index is -0.386. The molecule has 0 saturated carbocycles. The summed E-state index contributed by atoms with van der Waals surface area (Å²) in [6, 6.07) is -0.386. The van der Waals surface area contributed by atoms with Gasteiger partial charge >= 0.3 is 0 Å². The van der Waals surface area contributed by atoms with Gasteiger partial charge in [0.05, 0.1) is 12.6 Å². The highest BCUT2D eigenvalue weighted by molar-refractivity contribution is 5.88. The molecule has 0 aliphatic carbocycles. The Labute approximate surface area is 115 Å². The van der Waals surface area contributed by atoms with E-state index >= 15 is 0 Å². The predicted molar refractivity (Wildman–Crippen MR) is 73.7 cm³/mol. The highest BCUT2D eigenvalue weighted by atomic mass is 16.3. The van der Waals surface area contributed by atoms with E-state index in [2.05, 4.69) is 10.2 Å². The normalized spacial score (nSPS) is 21.6. The third-order valence-corrected chi connectivity index (χ3v) is 3.70. The zero-order valence-electron chi connectivity index (χ0n) is 12.2. The zero-order valence-corrected chi connectivity index (χ0v) is 12.2. The Bertz CT molecular complexity index is 318. The van der Waals surface area contributed by atoms with Gasteiger partial charge < -0.3 is 10.4 Å². The summed E-state index contributed by atoms with van der Waals surface area (Å²) in [5.74, 6) is 0.523. The standard InChI is InChI=1S/C14H26N2O3/c1-10(2)14(11(3)18)15-13(19)9-16-6-4-12(8-16)5-7-17/h10,12,14,17H,4-9H2,1-3H3,(H,15,19). The molecule has 19 heavy (non-hydrogen) atoms. The van der Waals surface area contributed by atoms with E-state index in [4.69, 9.17) is 5.11 Å². The van der Waals surface area contributed by atoms with Crippen LogP contribution in [0.5, 0.6) is 0 Å². The van der Waals surface area contributed by atoms with Crippen molar-refractivity contribution in [1.82, 2.24) is 10.2 Å². The lowest BCUT2D eigenvalue weighted by Gasteiger charge is -2.22. The lowest BCUT2D eigenvalue weighted by molar-refractivity contribution is -0.128. The molecule has 1 aliphatic rings. The van der Waals surface area contributed by atoms with Crippen LogP contribution in [0.15, 0.2) is 0 Å². The molecular formula is C14H26N2O3. The fourth-order valence-electron chi connectivity index (χ4n) is 2.63. The van der Waals surface area contributed by atoms with Crippen molar-refractivity contribution in [3.05, 3.63) is 0 Å². The number of ketones is 1. The molecule has 2 N–H and O–H groups in total. The first kappa shape index (κ1) is 16.1. The summed E-state index contributed by atoms with van der Waals surface area (Å²) in [7, 11) is 0. The molecule has 5 heteroatoms. The van der Waals surface area contributed by atoms with Crippen molar-refractivity contribution in [2.75, 3.05) is 26.2 Å². The van der Waals surface area contributed by atoms with Gasteiger partial charge in [-0.15, -0.1) is 0 Å². The molecule has 110 valence electrons. The number of nitrogens with one attached hydrogen (secondary N) is 1. The predicted octanol–water partition coefficient (Wildman–Crippen LogP) is 0.420. The summed E-state index contributed by atoms with van der Waals surface area (Å²) in [5.41, 5.74) is 0. The van der Waals surface area contributed by atoms with Crippen LogP contribution in [-0.2, 0) is 9.59 Å². The number of likely N-dealkylation sites (tertiary alicyclic amines) is 1. The first-order valence-electron chi connectivity index (χ1n) is 7.07. The van der Waals surface area contributed by atoms with Crippen molar-refractivity contribution in [1.29, 1.82) is 0 Å². The van der Waals surface area contributed by atoms with E-state index in [1.807, 2.05) is 13.8 Å². The van der Waals surface area contributed by atoms with Crippen LogP contribution >= 0.6 is 0 Å². The third-order valence-electron chi connectivity index (χ3n) is 3.70. The van der Waals surface area contributed by atoms with E-state index in [-0.39, 0.29) is 30.3 Å². The van der Waals surface area contributed by atoms with E-state index in [9.17, 15) is 9.59 Å². The first-order chi connectivity index (χ1) is 8.93. The van der Waals surface area contributed by atoms with Crippen molar-refractivity contribution in [2.24, 2.45) is 11.8 Å². The van der Waals surface area contributed by atoms with Gasteiger partial charge in [-0.2, -0.15) is 0 Å². The van der Waals surface area contributed by atoms with Crippen LogP contribution in [0.1, 0.15) is 33.6 Å². The average Bonchev–Trinajstić information content (AvgIpc) is 2.73. The zero-order chi connectivity index (χ0) is 14.4. The van der Waals surface area contributed by atoms with Crippen LogP contribution in [0.2, 0.25) is 0 Å². The smallest absolute Gasteiger partial charge is 0.234 e. The number of amides is 1. The lowest BCUT2D eigenvalue weighted by atomic mass is 10.0. The SMILES string of the molecule is CC(=O)C(NC(=O)CN1CCC(CCO)C1)C(C)C. The fraction of sp³-hybridized carbons (Fsp3) is 0.857. The van der Waals surface area contributed by atoms with E-state index in [1.165, 1.54) is 6.92 Å². The maximum absolute atomic E-state index is 11.9. The molecule has 2 unspecified atom stereocenters. The van der Waals surface area contributed by atoms with Crippen molar-refractivity contribution in [2.45, 2.75) is 39.7 Å². The Morgan fingerprint density at radius 2 is 2.11 bits per heavy atom. The largest absolute Gasteiger partial charge is 0.396 e. The molecule has 1 fully saturated rings. The van der Waals surface area contributed by atoms with Gasteiger partial charge in [0.1, 0.15) is 0 Å². The van der Waals surface area contributed by atoms with Crippen LogP contribution in [0.4, 0.5) is 0 Å². The molecule has 1 saturated heterocycles. The molecule has 5 nitrogen and oxygen atoms in total. The van der Waals surface area contributed by atoms with Gasteiger partial charge in [-0.1, -0.05) is 13.8 Å². The Kier molecular flexibility index (Phi) is 6.45. The molecule has 1 rings (SSSR count). The van der Waals surface area contributed by atoms with E-state index in [0.717, 1.165) is 25.9 Å². The minimum absolute atomic E-state index is 0.00271. The van der Waals surface area contributed by atoms with E-state index in [0.29, 0.717) is 12.5 Å². The minimum Gasteiger partial charge on any atom is -0.396 e. The van der Waals surface area contributed by atoms with E-state index in [1.54, 1.807) is 0 Å². The molecule has 0 aromatic carbocycles. The average molecular weight is 270 g/mol. The van der Waals surface area contributed by atoms with Gasteiger partial charge in [0.15, 0.2) is 5.78 Å². The summed E-state index contributed by atoms with van der Waals surface area (Å²) in [6.07, 6.45) is 1.84. The van der Waals surface area contributed by atoms with Crippen LogP contribution in [-0.4, -0.2) is 54.0 Å². The Morgan fingerprint density at radius 1 is 1.42 bits per heavy atom. The molecule has 0 spiro atoms. The number of nitrogens with zero attached hydrogens (tertiary/aromatic N) is 1. The maximum Gasteiger partial charge on any atom is 0.234 e. The number of aliphatic hydroxyl groups excluding tert-OH is 1. The van der Waals surface area contributed by atoms with Crippen molar-refractivity contribution in [3.63, 3.8) is 0 Å². The van der Waals surface area contributed by atoms with Crippen LogP contribution in [0.25, 0.3) is 0 Å². The van der Waals surface area contributed by atoms with E-state index < -0.39 is 0 Å². The van der Waals surface area contributed by atoms with Crippen molar-refractivity contribution in [3.8, 4) is 0 Å². The number of hydrogen-bond acceptors (Lipinski definition) is 4. The van der Waals surface area contributed by atoms with Gasteiger partial charge in [0, 0.05) is 13.2 Å². The highest BCUT2D eigenvalue weighted by Gasteiger charge is 2.25. The molecule has 1 amide bonds. The van der Waals surface area contributed by atoms with Gasteiger partial charge in [0.25, 0.3) is 0 Å². The molecule has 2 atom stereocenters. The van der Waals surface area contributed by atoms with Crippen molar-refractivity contribution >= 4 is 11.7 Å². The summed E-state index contributed by atoms with van der Waals surface area (Å²) >= 11 is 0. The van der Waals surface area contributed by atoms with Gasteiger partial charge in [-0.3, -0.25) is 14.5 Å². The molecular weight excluding hydrogens is 244 g/mol. The fourth-order valence-corrected chi connectivity index (χ4v) is 2.63. The van der Waals surface area contributed by atoms with Crippen LogP contribution < -0.4 is 5.32 Å². The van der Waals surface area contributed by atoms with Crippen LogP contribution in [0, 0.1) is 11.8 Å². The second-order valence-corrected chi connectivity index (χ2v) is 5.80. The lowest BCUT2D eigenvalue weighted by Crippen LogP contribution is -2.47. The quantitative estimate of drug-likeness (QED) is 0.703. The maximum atomic E-state index is 11.9. The second-order valence-electron chi connectivity index (χ2n) is 5.80. The van der Waals surface area contributed by atoms with Crippen molar-refractivity contribution < 1.29 is 14.7 Å². The van der Waals surface area contributed by atoms with Gasteiger partial charge in [-0.25, -0.2) is 0 Å². The Morgan fingerprint density at radius 3 is 2.63 bits per heavy atom. The highest BCUT2D eigenvalue weighted by Crippen LogP contribution is 2.18. The first-order valence-corrected chi connectivity index (χ1v) is 7.07. The molecule has 0 aromatic heterocycles. The summed E-state index contributed by atoms with van der Waals surface area (Å²) in [4.78, 5) is 25.5. The number of hydrogen-bond donors (Lipinski definition) is 2. The monoisotopic (exact) mass is 270 g/mol.